The second-order valence-corrected chi connectivity index (χ2v) is 4.80. The van der Waals surface area contributed by atoms with Crippen LogP contribution >= 0.6 is 0 Å². The van der Waals surface area contributed by atoms with Crippen LogP contribution in [0, 0.1) is 12.3 Å². The van der Waals surface area contributed by atoms with Gasteiger partial charge in [0.15, 0.2) is 17.7 Å². The Kier molecular flexibility index (Phi) is 3.91. The zero-order valence-corrected chi connectivity index (χ0v) is 11.5. The molecule has 22 heavy (non-hydrogen) atoms. The van der Waals surface area contributed by atoms with Crippen LogP contribution in [-0.2, 0) is 9.47 Å². The molecule has 9 heteroatoms. The summed E-state index contributed by atoms with van der Waals surface area (Å²) in [6, 6.07) is 0. The van der Waals surface area contributed by atoms with E-state index in [4.69, 9.17) is 21.6 Å². The summed E-state index contributed by atoms with van der Waals surface area (Å²) in [5.74, 6) is 2.58. The van der Waals surface area contributed by atoms with Crippen molar-refractivity contribution in [2.45, 2.75) is 24.5 Å². The van der Waals surface area contributed by atoms with Gasteiger partial charge in [-0.05, 0) is 0 Å². The highest BCUT2D eigenvalue weighted by Gasteiger charge is 2.45. The van der Waals surface area contributed by atoms with Crippen LogP contribution in [0.1, 0.15) is 6.23 Å². The number of imidazole rings is 1. The number of fused-ring (bicyclic) bond motifs is 1. The third-order valence-electron chi connectivity index (χ3n) is 3.51. The summed E-state index contributed by atoms with van der Waals surface area (Å²) in [6.45, 7) is -0.346. The fraction of sp³-hybridized carbons (Fsp3) is 0.462. The van der Waals surface area contributed by atoms with Crippen molar-refractivity contribution in [1.29, 1.82) is 0 Å². The number of hydrogen-bond acceptors (Lipinski definition) is 8. The third kappa shape index (κ3) is 2.28. The summed E-state index contributed by atoms with van der Waals surface area (Å²) in [5.41, 5.74) is 6.61. The molecule has 0 aliphatic carbocycles. The standard InChI is InChI=1S/C13H15N5O4/c1-2-3-21-10-9(20)7(4-19)22-13(10)18-6-17-8-11(14)15-5-16-12(8)18/h1,5-7,9-10,13,19-20H,3-4H2,(H2,14,15,16). The molecule has 1 saturated heterocycles. The zero-order chi connectivity index (χ0) is 15.7. The number of nitrogens with zero attached hydrogens (tertiary/aromatic N) is 4. The normalized spacial score (nSPS) is 28.0. The first-order valence-electron chi connectivity index (χ1n) is 6.59. The summed E-state index contributed by atoms with van der Waals surface area (Å²) >= 11 is 0. The number of aliphatic hydroxyl groups excluding tert-OH is 2. The van der Waals surface area contributed by atoms with Crippen LogP contribution in [0.5, 0.6) is 0 Å². The van der Waals surface area contributed by atoms with Gasteiger partial charge >= 0.3 is 0 Å². The molecule has 116 valence electrons. The minimum absolute atomic E-state index is 0.00346. The quantitative estimate of drug-likeness (QED) is 0.593. The van der Waals surface area contributed by atoms with Crippen LogP contribution in [-0.4, -0.2) is 61.3 Å². The fourth-order valence-electron chi connectivity index (χ4n) is 2.47. The molecule has 0 spiro atoms. The predicted molar refractivity (Wildman–Crippen MR) is 75.3 cm³/mol. The number of ether oxygens (including phenoxy) is 2. The number of nitrogen functional groups attached to an aromatic ring is 1. The van der Waals surface area contributed by atoms with Gasteiger partial charge in [-0.15, -0.1) is 6.42 Å². The number of hydrogen-bond donors (Lipinski definition) is 3. The number of rotatable bonds is 4. The summed E-state index contributed by atoms with van der Waals surface area (Å²) in [4.78, 5) is 12.1. The van der Waals surface area contributed by atoms with E-state index >= 15 is 0 Å². The first kappa shape index (κ1) is 14.7. The highest BCUT2D eigenvalue weighted by Crippen LogP contribution is 2.33. The van der Waals surface area contributed by atoms with Crippen molar-refractivity contribution in [2.75, 3.05) is 18.9 Å². The van der Waals surface area contributed by atoms with E-state index in [-0.39, 0.29) is 19.0 Å². The Morgan fingerprint density at radius 2 is 2.27 bits per heavy atom. The lowest BCUT2D eigenvalue weighted by molar-refractivity contribution is -0.0636. The van der Waals surface area contributed by atoms with E-state index in [2.05, 4.69) is 20.9 Å². The van der Waals surface area contributed by atoms with Crippen LogP contribution < -0.4 is 5.73 Å². The largest absolute Gasteiger partial charge is 0.394 e. The van der Waals surface area contributed by atoms with Gasteiger partial charge in [-0.25, -0.2) is 15.0 Å². The van der Waals surface area contributed by atoms with Crippen molar-refractivity contribution in [3.05, 3.63) is 12.7 Å². The van der Waals surface area contributed by atoms with Crippen molar-refractivity contribution in [3.8, 4) is 12.3 Å². The molecule has 1 fully saturated rings. The number of terminal acetylenes is 1. The molecule has 2 aromatic heterocycles. The molecule has 1 aliphatic rings. The Bertz CT molecular complexity index is 712. The summed E-state index contributed by atoms with van der Waals surface area (Å²) < 4.78 is 12.7. The van der Waals surface area contributed by atoms with E-state index in [0.29, 0.717) is 11.2 Å². The number of nitrogens with two attached hydrogens (primary N) is 1. The molecule has 0 radical (unpaired) electrons. The first-order chi connectivity index (χ1) is 10.7. The second kappa shape index (κ2) is 5.86. The summed E-state index contributed by atoms with van der Waals surface area (Å²) in [5, 5.41) is 19.5. The van der Waals surface area contributed by atoms with Gasteiger partial charge in [0.2, 0.25) is 0 Å². The molecule has 4 unspecified atom stereocenters. The van der Waals surface area contributed by atoms with Crippen LogP contribution in [0.3, 0.4) is 0 Å². The maximum atomic E-state index is 10.2. The average Bonchev–Trinajstić information content (AvgIpc) is 3.07. The molecule has 1 aliphatic heterocycles. The monoisotopic (exact) mass is 305 g/mol. The molecule has 9 nitrogen and oxygen atoms in total. The van der Waals surface area contributed by atoms with Gasteiger partial charge in [0.25, 0.3) is 0 Å². The number of aromatic nitrogens is 4. The van der Waals surface area contributed by atoms with E-state index in [1.165, 1.54) is 12.7 Å². The second-order valence-electron chi connectivity index (χ2n) is 4.80. The van der Waals surface area contributed by atoms with Crippen molar-refractivity contribution in [2.24, 2.45) is 0 Å². The van der Waals surface area contributed by atoms with E-state index in [0.717, 1.165) is 0 Å². The Hall–Kier alpha value is -2.25. The highest BCUT2D eigenvalue weighted by atomic mass is 16.6. The summed E-state index contributed by atoms with van der Waals surface area (Å²) in [7, 11) is 0. The van der Waals surface area contributed by atoms with Gasteiger partial charge in [0.05, 0.1) is 12.9 Å². The Morgan fingerprint density at radius 3 is 3.00 bits per heavy atom. The third-order valence-corrected chi connectivity index (χ3v) is 3.51. The SMILES string of the molecule is C#CCOC1C(O)C(CO)OC1n1cnc2c(N)ncnc21. The molecule has 2 aromatic rings. The highest BCUT2D eigenvalue weighted by molar-refractivity contribution is 5.81. The van der Waals surface area contributed by atoms with Crippen molar-refractivity contribution >= 4 is 17.0 Å². The predicted octanol–water partition coefficient (Wildman–Crippen LogP) is -1.32. The lowest BCUT2D eigenvalue weighted by Gasteiger charge is -2.20. The van der Waals surface area contributed by atoms with Gasteiger partial charge in [-0.3, -0.25) is 4.57 Å². The molecule has 0 aromatic carbocycles. The van der Waals surface area contributed by atoms with Gasteiger partial charge in [-0.2, -0.15) is 0 Å². The number of anilines is 1. The lowest BCUT2D eigenvalue weighted by Crippen LogP contribution is -2.35. The fourth-order valence-corrected chi connectivity index (χ4v) is 2.47. The van der Waals surface area contributed by atoms with E-state index in [1.807, 2.05) is 0 Å². The van der Waals surface area contributed by atoms with E-state index in [9.17, 15) is 10.2 Å². The minimum atomic E-state index is -1.03. The van der Waals surface area contributed by atoms with Gasteiger partial charge in [0.1, 0.15) is 36.8 Å². The Morgan fingerprint density at radius 1 is 1.45 bits per heavy atom. The van der Waals surface area contributed by atoms with Gasteiger partial charge in [-0.1, -0.05) is 5.92 Å². The van der Waals surface area contributed by atoms with Crippen molar-refractivity contribution in [1.82, 2.24) is 19.5 Å². The van der Waals surface area contributed by atoms with E-state index in [1.54, 1.807) is 4.57 Å². The molecule has 0 amide bonds. The molecular weight excluding hydrogens is 290 g/mol. The molecule has 0 bridgehead atoms. The molecule has 3 rings (SSSR count). The Labute approximate surface area is 125 Å². The molecule has 4 N–H and O–H groups in total. The van der Waals surface area contributed by atoms with E-state index < -0.39 is 24.5 Å². The van der Waals surface area contributed by atoms with Crippen LogP contribution in [0.4, 0.5) is 5.82 Å². The van der Waals surface area contributed by atoms with Gasteiger partial charge < -0.3 is 25.4 Å². The topological polar surface area (TPSA) is 129 Å². The molecule has 3 heterocycles. The van der Waals surface area contributed by atoms with Crippen LogP contribution in [0.25, 0.3) is 11.2 Å². The van der Waals surface area contributed by atoms with Crippen molar-refractivity contribution in [3.63, 3.8) is 0 Å². The van der Waals surface area contributed by atoms with Crippen molar-refractivity contribution < 1.29 is 19.7 Å². The first-order valence-corrected chi connectivity index (χ1v) is 6.59. The molecule has 0 saturated carbocycles. The smallest absolute Gasteiger partial charge is 0.167 e. The molecular formula is C13H15N5O4. The minimum Gasteiger partial charge on any atom is -0.394 e. The van der Waals surface area contributed by atoms with Crippen LogP contribution in [0.2, 0.25) is 0 Å². The van der Waals surface area contributed by atoms with Gasteiger partial charge in [0, 0.05) is 0 Å². The van der Waals surface area contributed by atoms with Crippen LogP contribution in [0.15, 0.2) is 12.7 Å². The average molecular weight is 305 g/mol. The maximum absolute atomic E-state index is 10.2. The maximum Gasteiger partial charge on any atom is 0.167 e. The molecule has 4 atom stereocenters. The zero-order valence-electron chi connectivity index (χ0n) is 11.5. The Balaban J connectivity index is 2.00. The summed E-state index contributed by atoms with van der Waals surface area (Å²) in [6.07, 6.45) is 4.66. The lowest BCUT2D eigenvalue weighted by atomic mass is 10.1. The number of aliphatic hydroxyl groups is 2.